The van der Waals surface area contributed by atoms with Gasteiger partial charge in [0.25, 0.3) is 5.78 Å². The number of rotatable bonds is 9. The van der Waals surface area contributed by atoms with Crippen LogP contribution in [0.3, 0.4) is 0 Å². The van der Waals surface area contributed by atoms with E-state index in [1.807, 2.05) is 0 Å². The summed E-state index contributed by atoms with van der Waals surface area (Å²) in [5.41, 5.74) is 0.158. The second kappa shape index (κ2) is 8.72. The number of hydrogen-bond donors (Lipinski definition) is 2. The molecule has 2 atom stereocenters. The average molecular weight is 346 g/mol. The number of carbonyl (C=O) groups is 5. The number of Topliss-reactive ketones (excluding diaryl/α,β-unsaturated/α-hetero) is 2. The third-order valence-corrected chi connectivity index (χ3v) is 3.91. The van der Waals surface area contributed by atoms with Crippen LogP contribution in [0.4, 0.5) is 0 Å². The molecule has 2 amide bonds. The van der Waals surface area contributed by atoms with Gasteiger partial charge in [-0.05, 0) is 12.8 Å². The maximum Gasteiger partial charge on any atom is 0.380 e. The Balaban J connectivity index is 1.89. The molecule has 1 fully saturated rings. The molecule has 0 spiro atoms. The summed E-state index contributed by atoms with van der Waals surface area (Å²) in [6.07, 6.45) is 1.04. The Morgan fingerprint density at radius 1 is 1.28 bits per heavy atom. The lowest BCUT2D eigenvalue weighted by molar-refractivity contribution is -0.144. The van der Waals surface area contributed by atoms with Crippen LogP contribution in [0.25, 0.3) is 0 Å². The molecule has 0 radical (unpaired) electrons. The molecular weight excluding hydrogens is 328 g/mol. The van der Waals surface area contributed by atoms with Crippen molar-refractivity contribution in [3.05, 3.63) is 35.9 Å². The predicted octanol–water partition coefficient (Wildman–Crippen LogP) is -0.378. The van der Waals surface area contributed by atoms with Crippen molar-refractivity contribution in [1.29, 1.82) is 0 Å². The zero-order chi connectivity index (χ0) is 18.2. The smallest absolute Gasteiger partial charge is 0.380 e. The molecule has 2 N–H and O–H groups in total. The van der Waals surface area contributed by atoms with Gasteiger partial charge >= 0.3 is 5.97 Å². The van der Waals surface area contributed by atoms with E-state index in [2.05, 4.69) is 10.6 Å². The normalized spacial score (nSPS) is 17.3. The highest BCUT2D eigenvalue weighted by molar-refractivity contribution is 6.40. The number of ether oxygens (including phenoxy) is 1. The van der Waals surface area contributed by atoms with Gasteiger partial charge < -0.3 is 15.4 Å². The minimum absolute atomic E-state index is 0.119. The molecule has 1 saturated heterocycles. The summed E-state index contributed by atoms with van der Waals surface area (Å²) in [5.74, 6) is -3.16. The molecule has 0 aromatic heterocycles. The van der Waals surface area contributed by atoms with Gasteiger partial charge in [-0.25, -0.2) is 4.79 Å². The molecule has 1 heterocycles. The summed E-state index contributed by atoms with van der Waals surface area (Å²) in [5, 5.41) is 4.97. The average Bonchev–Trinajstić information content (AvgIpc) is 3.03. The second-order valence-corrected chi connectivity index (χ2v) is 5.59. The Kier molecular flexibility index (Phi) is 6.39. The van der Waals surface area contributed by atoms with E-state index in [1.54, 1.807) is 18.2 Å². The quantitative estimate of drug-likeness (QED) is 0.272. The Bertz CT molecular complexity index is 673. The van der Waals surface area contributed by atoms with Gasteiger partial charge in [0.1, 0.15) is 0 Å². The van der Waals surface area contributed by atoms with Gasteiger partial charge in [-0.15, -0.1) is 0 Å². The number of benzene rings is 1. The molecule has 1 aromatic rings. The van der Waals surface area contributed by atoms with Crippen molar-refractivity contribution >= 4 is 29.9 Å². The van der Waals surface area contributed by atoms with Crippen LogP contribution in [-0.2, 0) is 23.9 Å². The molecule has 1 aliphatic heterocycles. The molecule has 0 bridgehead atoms. The van der Waals surface area contributed by atoms with Crippen LogP contribution >= 0.6 is 0 Å². The van der Waals surface area contributed by atoms with E-state index in [-0.39, 0.29) is 23.8 Å². The van der Waals surface area contributed by atoms with Crippen LogP contribution in [-0.4, -0.2) is 49.0 Å². The molecule has 0 saturated carbocycles. The third-order valence-electron chi connectivity index (χ3n) is 3.91. The fourth-order valence-electron chi connectivity index (χ4n) is 2.54. The fraction of sp³-hybridized carbons (Fsp3) is 0.353. The summed E-state index contributed by atoms with van der Waals surface area (Å²) >= 11 is 0. The van der Waals surface area contributed by atoms with Crippen LogP contribution in [0, 0.1) is 5.92 Å². The first-order valence-corrected chi connectivity index (χ1v) is 7.79. The molecule has 132 valence electrons. The summed E-state index contributed by atoms with van der Waals surface area (Å²) in [6.45, 7) is -0.136. The first kappa shape index (κ1) is 18.3. The number of hydrogen-bond acceptors (Lipinski definition) is 6. The molecule has 0 aliphatic carbocycles. The van der Waals surface area contributed by atoms with Crippen molar-refractivity contribution in [2.45, 2.75) is 18.9 Å². The topological polar surface area (TPSA) is 119 Å². The van der Waals surface area contributed by atoms with Gasteiger partial charge in [-0.2, -0.15) is 0 Å². The summed E-state index contributed by atoms with van der Waals surface area (Å²) < 4.78 is 4.74. The molecule has 1 aromatic carbocycles. The molecule has 8 heteroatoms. The maximum atomic E-state index is 12.1. The largest absolute Gasteiger partial charge is 0.452 e. The van der Waals surface area contributed by atoms with Crippen LogP contribution < -0.4 is 10.6 Å². The Hall–Kier alpha value is -3.03. The van der Waals surface area contributed by atoms with Crippen LogP contribution in [0.15, 0.2) is 30.3 Å². The van der Waals surface area contributed by atoms with Gasteiger partial charge in [-0.3, -0.25) is 19.2 Å². The molecule has 1 aliphatic rings. The van der Waals surface area contributed by atoms with Crippen molar-refractivity contribution in [2.75, 3.05) is 13.2 Å². The molecule has 25 heavy (non-hydrogen) atoms. The third kappa shape index (κ3) is 4.97. The van der Waals surface area contributed by atoms with Crippen LogP contribution in [0.2, 0.25) is 0 Å². The van der Waals surface area contributed by atoms with Gasteiger partial charge in [0.05, 0.1) is 6.04 Å². The van der Waals surface area contributed by atoms with Crippen molar-refractivity contribution in [3.8, 4) is 0 Å². The van der Waals surface area contributed by atoms with Crippen molar-refractivity contribution < 1.29 is 28.7 Å². The van der Waals surface area contributed by atoms with Gasteiger partial charge in [0.2, 0.25) is 12.3 Å². The van der Waals surface area contributed by atoms with Crippen molar-refractivity contribution in [3.63, 3.8) is 0 Å². The molecule has 2 rings (SSSR count). The van der Waals surface area contributed by atoms with E-state index < -0.39 is 30.2 Å². The highest BCUT2D eigenvalue weighted by Crippen LogP contribution is 2.16. The van der Waals surface area contributed by atoms with E-state index in [9.17, 15) is 24.0 Å². The van der Waals surface area contributed by atoms with Crippen molar-refractivity contribution in [1.82, 2.24) is 10.6 Å². The van der Waals surface area contributed by atoms with Crippen molar-refractivity contribution in [2.24, 2.45) is 5.92 Å². The van der Waals surface area contributed by atoms with E-state index in [0.717, 1.165) is 0 Å². The van der Waals surface area contributed by atoms with Gasteiger partial charge in [0, 0.05) is 18.0 Å². The first-order valence-electron chi connectivity index (χ1n) is 7.79. The lowest BCUT2D eigenvalue weighted by Crippen LogP contribution is -2.41. The maximum absolute atomic E-state index is 12.1. The summed E-state index contributed by atoms with van der Waals surface area (Å²) in [6, 6.07) is 6.86. The Morgan fingerprint density at radius 2 is 2.00 bits per heavy atom. The van der Waals surface area contributed by atoms with Crippen LogP contribution in [0.5, 0.6) is 0 Å². The SMILES string of the molecule is O=CN[C@@H](C[C@@H]1CCNC1=O)C(=O)COC(=O)C(=O)c1ccccc1. The molecule has 8 nitrogen and oxygen atoms in total. The Morgan fingerprint density at radius 3 is 2.60 bits per heavy atom. The lowest BCUT2D eigenvalue weighted by Gasteiger charge is -2.17. The van der Waals surface area contributed by atoms with E-state index in [4.69, 9.17) is 4.74 Å². The lowest BCUT2D eigenvalue weighted by atomic mass is 9.96. The predicted molar refractivity (Wildman–Crippen MR) is 85.5 cm³/mol. The fourth-order valence-corrected chi connectivity index (χ4v) is 2.54. The van der Waals surface area contributed by atoms with Gasteiger partial charge in [0.15, 0.2) is 12.4 Å². The van der Waals surface area contributed by atoms with E-state index >= 15 is 0 Å². The molecular formula is C17H18N2O6. The van der Waals surface area contributed by atoms with E-state index in [1.165, 1.54) is 12.1 Å². The van der Waals surface area contributed by atoms with E-state index in [0.29, 0.717) is 19.4 Å². The highest BCUT2D eigenvalue weighted by atomic mass is 16.5. The number of esters is 1. The highest BCUT2D eigenvalue weighted by Gasteiger charge is 2.31. The first-order chi connectivity index (χ1) is 12.0. The number of carbonyl (C=O) groups excluding carboxylic acids is 5. The second-order valence-electron chi connectivity index (χ2n) is 5.59. The standard InChI is InChI=1S/C17H18N2O6/c20-10-19-13(8-12-6-7-18-16(12)23)14(21)9-25-17(24)15(22)11-4-2-1-3-5-11/h1-5,10,12-13H,6-9H2,(H,18,23)(H,19,20)/t12-,13-/m0/s1. The Labute approximate surface area is 143 Å². The number of nitrogens with one attached hydrogen (secondary N) is 2. The zero-order valence-electron chi connectivity index (χ0n) is 13.4. The van der Waals surface area contributed by atoms with Crippen LogP contribution in [0.1, 0.15) is 23.2 Å². The number of amides is 2. The molecule has 0 unspecified atom stereocenters. The zero-order valence-corrected chi connectivity index (χ0v) is 13.4. The van der Waals surface area contributed by atoms with Gasteiger partial charge in [-0.1, -0.05) is 30.3 Å². The summed E-state index contributed by atoms with van der Waals surface area (Å²) in [4.78, 5) is 58.0. The summed E-state index contributed by atoms with van der Waals surface area (Å²) in [7, 11) is 0. The minimum atomic E-state index is -1.15. The monoisotopic (exact) mass is 346 g/mol. The minimum Gasteiger partial charge on any atom is -0.452 e. The number of ketones is 2.